The Labute approximate surface area is 139 Å². The van der Waals surface area contributed by atoms with E-state index in [1.807, 2.05) is 6.92 Å². The van der Waals surface area contributed by atoms with Gasteiger partial charge in [0.2, 0.25) is 0 Å². The van der Waals surface area contributed by atoms with Crippen LogP contribution in [0.25, 0.3) is 0 Å². The van der Waals surface area contributed by atoms with E-state index in [0.717, 1.165) is 25.4 Å². The Kier molecular flexibility index (Phi) is 6.91. The van der Waals surface area contributed by atoms with Gasteiger partial charge in [-0.25, -0.2) is 0 Å². The molecular formula is C19H34NOS+. The average Bonchev–Trinajstić information content (AvgIpc) is 2.93. The van der Waals surface area contributed by atoms with Gasteiger partial charge < -0.3 is 5.11 Å². The number of thiophene rings is 1. The third kappa shape index (κ3) is 4.12. The van der Waals surface area contributed by atoms with Gasteiger partial charge in [-0.1, -0.05) is 26.2 Å². The van der Waals surface area contributed by atoms with Crippen LogP contribution in [0.5, 0.6) is 0 Å². The number of nitrogens with zero attached hydrogens (tertiary/aromatic N) is 1. The van der Waals surface area contributed by atoms with Gasteiger partial charge in [0.1, 0.15) is 0 Å². The van der Waals surface area contributed by atoms with Crippen molar-refractivity contribution in [2.24, 2.45) is 5.92 Å². The molecule has 2 rings (SSSR count). The summed E-state index contributed by atoms with van der Waals surface area (Å²) in [6.45, 7) is 10.9. The molecule has 3 unspecified atom stereocenters. The lowest BCUT2D eigenvalue weighted by atomic mass is 9.83. The second kappa shape index (κ2) is 8.47. The predicted octanol–water partition coefficient (Wildman–Crippen LogP) is 5.02. The largest absolute Gasteiger partial charge is 0.393 e. The monoisotopic (exact) mass is 324 g/mol. The number of aliphatic hydroxyl groups is 1. The maximum Gasteiger partial charge on any atom is 0.176 e. The average molecular weight is 325 g/mol. The summed E-state index contributed by atoms with van der Waals surface area (Å²) in [5.41, 5.74) is 1.63. The number of hydrogen-bond acceptors (Lipinski definition) is 2. The summed E-state index contributed by atoms with van der Waals surface area (Å²) in [6.07, 6.45) is 7.75. The minimum Gasteiger partial charge on any atom is -0.393 e. The van der Waals surface area contributed by atoms with Gasteiger partial charge in [0, 0.05) is 31.1 Å². The van der Waals surface area contributed by atoms with Crippen molar-refractivity contribution < 1.29 is 5.11 Å². The van der Waals surface area contributed by atoms with Crippen LogP contribution in [-0.2, 0) is 6.42 Å². The molecular weight excluding hydrogens is 290 g/mol. The van der Waals surface area contributed by atoms with Gasteiger partial charge in [-0.2, -0.15) is 0 Å². The molecule has 3 atom stereocenters. The second-order valence-corrected chi connectivity index (χ2v) is 8.78. The van der Waals surface area contributed by atoms with Crippen molar-refractivity contribution >= 4 is 10.7 Å². The number of rotatable bonds is 7. The van der Waals surface area contributed by atoms with E-state index in [9.17, 15) is 5.11 Å². The Morgan fingerprint density at radius 2 is 1.82 bits per heavy atom. The number of hydrogen-bond donors (Lipinski definition) is 1. The zero-order valence-electron chi connectivity index (χ0n) is 14.8. The Morgan fingerprint density at radius 3 is 2.36 bits per heavy atom. The van der Waals surface area contributed by atoms with E-state index >= 15 is 0 Å². The Bertz CT molecular complexity index is 444. The van der Waals surface area contributed by atoms with E-state index in [-0.39, 0.29) is 16.8 Å². The molecule has 1 N–H and O–H groups in total. The molecule has 0 aliphatic heterocycles. The van der Waals surface area contributed by atoms with Crippen LogP contribution >= 0.6 is 10.7 Å². The first-order chi connectivity index (χ1) is 10.6. The topological polar surface area (TPSA) is 23.5 Å². The molecule has 0 bridgehead atoms. The number of aliphatic hydroxyl groups excluding tert-OH is 1. The first-order valence-electron chi connectivity index (χ1n) is 9.15. The standard InChI is InChI=1S/C19H34NOS/c1-5-20(6-2)22-13-12-18(17-10-8-7-9-11-17)19(22)14-15(3)16(4)21/h12-13,15-17,21H,5-11,14H2,1-4H3/q+1. The lowest BCUT2D eigenvalue weighted by Gasteiger charge is -2.22. The molecule has 2 nitrogen and oxygen atoms in total. The van der Waals surface area contributed by atoms with Crippen molar-refractivity contribution in [3.8, 4) is 0 Å². The minimum atomic E-state index is -0.220. The lowest BCUT2D eigenvalue weighted by molar-refractivity contribution is 0.135. The van der Waals surface area contributed by atoms with Gasteiger partial charge in [0.15, 0.2) is 10.3 Å². The predicted molar refractivity (Wildman–Crippen MR) is 98.6 cm³/mol. The maximum absolute atomic E-state index is 9.96. The van der Waals surface area contributed by atoms with Gasteiger partial charge in [0.05, 0.1) is 16.8 Å². The Morgan fingerprint density at radius 1 is 1.18 bits per heavy atom. The van der Waals surface area contributed by atoms with E-state index in [4.69, 9.17) is 0 Å². The van der Waals surface area contributed by atoms with Gasteiger partial charge in [-0.3, -0.25) is 0 Å². The zero-order chi connectivity index (χ0) is 16.1. The van der Waals surface area contributed by atoms with Crippen molar-refractivity contribution in [1.29, 1.82) is 0 Å². The zero-order valence-corrected chi connectivity index (χ0v) is 15.7. The van der Waals surface area contributed by atoms with Crippen LogP contribution in [0.15, 0.2) is 11.4 Å². The van der Waals surface area contributed by atoms with E-state index in [1.54, 1.807) is 10.4 Å². The summed E-state index contributed by atoms with van der Waals surface area (Å²) in [5, 5.41) is 12.4. The van der Waals surface area contributed by atoms with Crippen LogP contribution in [-0.4, -0.2) is 24.3 Å². The Hall–Kier alpha value is -0.380. The van der Waals surface area contributed by atoms with Crippen molar-refractivity contribution in [3.63, 3.8) is 0 Å². The highest BCUT2D eigenvalue weighted by Crippen LogP contribution is 2.42. The smallest absolute Gasteiger partial charge is 0.176 e. The van der Waals surface area contributed by atoms with Crippen LogP contribution in [0, 0.1) is 5.92 Å². The van der Waals surface area contributed by atoms with E-state index < -0.39 is 0 Å². The summed E-state index contributed by atoms with van der Waals surface area (Å²) >= 11 is 0. The third-order valence-corrected chi connectivity index (χ3v) is 7.68. The highest BCUT2D eigenvalue weighted by molar-refractivity contribution is 7.32. The maximum atomic E-state index is 9.96. The molecule has 0 amide bonds. The van der Waals surface area contributed by atoms with Crippen molar-refractivity contribution in [3.05, 3.63) is 21.9 Å². The van der Waals surface area contributed by atoms with Crippen LogP contribution in [0.4, 0.5) is 0 Å². The van der Waals surface area contributed by atoms with Crippen LogP contribution in [0.1, 0.15) is 76.2 Å². The summed E-state index contributed by atoms with van der Waals surface area (Å²) in [5.74, 6) is 1.12. The quantitative estimate of drug-likeness (QED) is 0.712. The van der Waals surface area contributed by atoms with Gasteiger partial charge >= 0.3 is 0 Å². The molecule has 0 aromatic carbocycles. The molecule has 1 heterocycles. The highest BCUT2D eigenvalue weighted by atomic mass is 32.2. The first-order valence-corrected chi connectivity index (χ1v) is 10.4. The van der Waals surface area contributed by atoms with Crippen molar-refractivity contribution in [2.75, 3.05) is 17.4 Å². The highest BCUT2D eigenvalue weighted by Gasteiger charge is 2.31. The van der Waals surface area contributed by atoms with Crippen molar-refractivity contribution in [2.45, 2.75) is 78.2 Å². The van der Waals surface area contributed by atoms with Crippen LogP contribution in [0.2, 0.25) is 0 Å². The summed E-state index contributed by atoms with van der Waals surface area (Å²) in [4.78, 5) is 1.63. The molecule has 0 radical (unpaired) electrons. The SMILES string of the molecule is CCN(CC)[s+]1ccc(C2CCCCC2)c1CC(C)C(C)O. The molecule has 1 fully saturated rings. The molecule has 1 aliphatic rings. The summed E-state index contributed by atoms with van der Waals surface area (Å²) in [6, 6.07) is 2.43. The molecule has 0 saturated heterocycles. The fraction of sp³-hybridized carbons (Fsp3) is 0.789. The molecule has 1 aromatic rings. The molecule has 1 aliphatic carbocycles. The van der Waals surface area contributed by atoms with E-state index in [2.05, 4.69) is 36.5 Å². The molecule has 126 valence electrons. The van der Waals surface area contributed by atoms with Gasteiger partial charge in [-0.15, -0.1) is 4.31 Å². The molecule has 1 aromatic heterocycles. The first kappa shape index (κ1) is 18.0. The van der Waals surface area contributed by atoms with Crippen LogP contribution in [0.3, 0.4) is 0 Å². The van der Waals surface area contributed by atoms with E-state index in [0.29, 0.717) is 5.92 Å². The van der Waals surface area contributed by atoms with Gasteiger partial charge in [-0.05, 0) is 45.4 Å². The van der Waals surface area contributed by atoms with E-state index in [1.165, 1.54) is 32.1 Å². The minimum absolute atomic E-state index is 0.150. The Balaban J connectivity index is 2.31. The fourth-order valence-electron chi connectivity index (χ4n) is 3.62. The third-order valence-electron chi connectivity index (χ3n) is 5.31. The molecule has 0 spiro atoms. The molecule has 1 saturated carbocycles. The summed E-state index contributed by atoms with van der Waals surface area (Å²) < 4.78 is 2.58. The fourth-order valence-corrected chi connectivity index (χ4v) is 6.01. The second-order valence-electron chi connectivity index (χ2n) is 6.87. The van der Waals surface area contributed by atoms with Crippen LogP contribution < -0.4 is 4.31 Å². The summed E-state index contributed by atoms with van der Waals surface area (Å²) in [7, 11) is 0.150. The normalized spacial score (nSPS) is 20.4. The molecule has 3 heteroatoms. The van der Waals surface area contributed by atoms with Gasteiger partial charge in [0.25, 0.3) is 0 Å². The lowest BCUT2D eigenvalue weighted by Crippen LogP contribution is -2.23. The van der Waals surface area contributed by atoms with Crippen molar-refractivity contribution in [1.82, 2.24) is 0 Å². The molecule has 22 heavy (non-hydrogen) atoms.